The number of H-pyrrole nitrogens is 1. The highest BCUT2D eigenvalue weighted by Crippen LogP contribution is 2.40. The normalized spacial score (nSPS) is 16.7. The molecule has 32 heavy (non-hydrogen) atoms. The summed E-state index contributed by atoms with van der Waals surface area (Å²) in [4.78, 5) is 25.5. The maximum absolute atomic E-state index is 12.1. The van der Waals surface area contributed by atoms with Gasteiger partial charge in [-0.15, -0.1) is 11.3 Å². The van der Waals surface area contributed by atoms with Crippen LogP contribution < -0.4 is 14.9 Å². The van der Waals surface area contributed by atoms with Gasteiger partial charge in [-0.2, -0.15) is 0 Å². The van der Waals surface area contributed by atoms with Gasteiger partial charge in [0.1, 0.15) is 17.0 Å². The number of nitrogens with one attached hydrogen (secondary N) is 3. The molecule has 0 unspecified atom stereocenters. The number of anilines is 2. The number of aromatic amines is 1. The Hall–Kier alpha value is -2.34. The number of aryl methyl sites for hydroxylation is 1. The number of nitrogens with zero attached hydrogens (tertiary/aromatic N) is 2. The van der Waals surface area contributed by atoms with E-state index in [4.69, 9.17) is 0 Å². The van der Waals surface area contributed by atoms with Gasteiger partial charge in [-0.25, -0.2) is 23.1 Å². The van der Waals surface area contributed by atoms with Crippen molar-refractivity contribution in [2.24, 2.45) is 5.92 Å². The summed E-state index contributed by atoms with van der Waals surface area (Å²) in [5.41, 5.74) is 2.94. The molecule has 8 nitrogen and oxygen atoms in total. The lowest BCUT2D eigenvalue weighted by atomic mass is 9.88. The molecule has 0 aliphatic heterocycles. The first kappa shape index (κ1) is 21.5. The van der Waals surface area contributed by atoms with E-state index in [2.05, 4.69) is 25.0 Å². The molecular formula is C21H23N5O3S3. The fraction of sp³-hybridized carbons (Fsp3) is 0.381. The first-order chi connectivity index (χ1) is 15.3. The van der Waals surface area contributed by atoms with E-state index in [1.54, 1.807) is 31.5 Å². The van der Waals surface area contributed by atoms with E-state index in [9.17, 15) is 13.2 Å². The lowest BCUT2D eigenvalue weighted by molar-refractivity contribution is 0.454. The standard InChI is InChI=1S/C21H23N5O3S3/c1-11(2)32(28,29)24-9-12-3-5-14-16(7-12)30-20-18(14)19(22-10-23-20)25-13-4-6-15-17(8-13)31-21(27)26-15/h4,6,8,10-12,24H,3,5,7,9H2,1-2H3,(H,26,27)(H,22,23,25)/t12-/m1/s1. The van der Waals surface area contributed by atoms with Crippen molar-refractivity contribution in [2.45, 2.75) is 38.4 Å². The molecule has 3 N–H and O–H groups in total. The molecule has 0 fully saturated rings. The van der Waals surface area contributed by atoms with Crippen LogP contribution in [0.15, 0.2) is 29.3 Å². The van der Waals surface area contributed by atoms with E-state index in [-0.39, 0.29) is 10.8 Å². The summed E-state index contributed by atoms with van der Waals surface area (Å²) in [6.45, 7) is 3.84. The number of sulfonamides is 1. The molecule has 0 saturated heterocycles. The van der Waals surface area contributed by atoms with Gasteiger partial charge in [-0.3, -0.25) is 4.79 Å². The van der Waals surface area contributed by atoms with E-state index >= 15 is 0 Å². The second kappa shape index (κ2) is 8.22. The third kappa shape index (κ3) is 4.05. The molecule has 3 aromatic heterocycles. The van der Waals surface area contributed by atoms with E-state index in [0.717, 1.165) is 51.2 Å². The SMILES string of the molecule is CC(C)S(=O)(=O)NC[C@@H]1CCc2c(sc3ncnc(Nc4ccc5[nH]c(=O)sc5c4)c23)C1. The second-order valence-corrected chi connectivity index (χ2v) is 12.7. The molecule has 1 aromatic carbocycles. The fourth-order valence-corrected chi connectivity index (χ4v) is 6.89. The van der Waals surface area contributed by atoms with Crippen molar-refractivity contribution in [2.75, 3.05) is 11.9 Å². The summed E-state index contributed by atoms with van der Waals surface area (Å²) in [5.74, 6) is 1.03. The summed E-state index contributed by atoms with van der Waals surface area (Å²) >= 11 is 2.84. The zero-order chi connectivity index (χ0) is 22.5. The third-order valence-electron chi connectivity index (χ3n) is 5.82. The van der Waals surface area contributed by atoms with Crippen LogP contribution in [0.5, 0.6) is 0 Å². The van der Waals surface area contributed by atoms with Gasteiger partial charge in [0.2, 0.25) is 10.0 Å². The molecule has 0 bridgehead atoms. The summed E-state index contributed by atoms with van der Waals surface area (Å²) in [6, 6.07) is 5.76. The molecule has 1 aliphatic carbocycles. The molecule has 4 aromatic rings. The van der Waals surface area contributed by atoms with Gasteiger partial charge >= 0.3 is 4.87 Å². The van der Waals surface area contributed by atoms with E-state index < -0.39 is 15.3 Å². The lowest BCUT2D eigenvalue weighted by Crippen LogP contribution is -2.36. The minimum absolute atomic E-state index is 0.0706. The molecule has 0 spiro atoms. The van der Waals surface area contributed by atoms with Crippen LogP contribution in [0.25, 0.3) is 20.4 Å². The van der Waals surface area contributed by atoms with E-state index in [1.807, 2.05) is 18.2 Å². The zero-order valence-corrected chi connectivity index (χ0v) is 20.1. The van der Waals surface area contributed by atoms with Gasteiger partial charge in [0.05, 0.1) is 20.9 Å². The van der Waals surface area contributed by atoms with Gasteiger partial charge < -0.3 is 10.3 Å². The molecule has 1 aliphatic rings. The predicted octanol–water partition coefficient (Wildman–Crippen LogP) is 3.77. The van der Waals surface area contributed by atoms with E-state index in [1.165, 1.54) is 21.8 Å². The first-order valence-corrected chi connectivity index (χ1v) is 13.6. The average Bonchev–Trinajstić information content (AvgIpc) is 3.31. The maximum Gasteiger partial charge on any atom is 0.305 e. The largest absolute Gasteiger partial charge is 0.340 e. The van der Waals surface area contributed by atoms with Crippen LogP contribution in [0.3, 0.4) is 0 Å². The molecule has 0 saturated carbocycles. The number of thiophene rings is 1. The predicted molar refractivity (Wildman–Crippen MR) is 131 cm³/mol. The highest BCUT2D eigenvalue weighted by atomic mass is 32.2. The van der Waals surface area contributed by atoms with Crippen molar-refractivity contribution < 1.29 is 8.42 Å². The molecule has 0 amide bonds. The van der Waals surface area contributed by atoms with Crippen molar-refractivity contribution >= 4 is 64.6 Å². The number of fused-ring (bicyclic) bond motifs is 4. The monoisotopic (exact) mass is 489 g/mol. The van der Waals surface area contributed by atoms with Gasteiger partial charge in [0.25, 0.3) is 0 Å². The minimum Gasteiger partial charge on any atom is -0.340 e. The van der Waals surface area contributed by atoms with Crippen LogP contribution in [0.4, 0.5) is 11.5 Å². The van der Waals surface area contributed by atoms with Crippen molar-refractivity contribution in [3.8, 4) is 0 Å². The number of aromatic nitrogens is 3. The quantitative estimate of drug-likeness (QED) is 0.380. The minimum atomic E-state index is -3.25. The molecule has 0 radical (unpaired) electrons. The number of thiazole rings is 1. The smallest absolute Gasteiger partial charge is 0.305 e. The van der Waals surface area contributed by atoms with Crippen LogP contribution >= 0.6 is 22.7 Å². The summed E-state index contributed by atoms with van der Waals surface area (Å²) in [6.07, 6.45) is 4.18. The third-order valence-corrected chi connectivity index (χ3v) is 9.64. The number of benzene rings is 1. The van der Waals surface area contributed by atoms with Crippen molar-refractivity contribution in [3.63, 3.8) is 0 Å². The Morgan fingerprint density at radius 3 is 2.91 bits per heavy atom. The molecule has 1 atom stereocenters. The number of hydrogen-bond donors (Lipinski definition) is 3. The number of rotatable bonds is 6. The molecular weight excluding hydrogens is 466 g/mol. The summed E-state index contributed by atoms with van der Waals surface area (Å²) in [7, 11) is -3.25. The highest BCUT2D eigenvalue weighted by Gasteiger charge is 2.26. The van der Waals surface area contributed by atoms with Crippen LogP contribution in [-0.2, 0) is 22.9 Å². The van der Waals surface area contributed by atoms with Crippen LogP contribution in [0, 0.1) is 5.92 Å². The zero-order valence-electron chi connectivity index (χ0n) is 17.6. The van der Waals surface area contributed by atoms with E-state index in [0.29, 0.717) is 6.54 Å². The average molecular weight is 490 g/mol. The van der Waals surface area contributed by atoms with Gasteiger partial charge in [0.15, 0.2) is 0 Å². The van der Waals surface area contributed by atoms with Gasteiger partial charge in [0, 0.05) is 17.1 Å². The Morgan fingerprint density at radius 2 is 2.09 bits per heavy atom. The number of hydrogen-bond acceptors (Lipinski definition) is 8. The van der Waals surface area contributed by atoms with Crippen LogP contribution in [0.2, 0.25) is 0 Å². The molecule has 11 heteroatoms. The Balaban J connectivity index is 1.41. The van der Waals surface area contributed by atoms with Crippen molar-refractivity contribution in [3.05, 3.63) is 44.6 Å². The van der Waals surface area contributed by atoms with Crippen molar-refractivity contribution in [1.29, 1.82) is 0 Å². The lowest BCUT2D eigenvalue weighted by Gasteiger charge is -2.23. The highest BCUT2D eigenvalue weighted by molar-refractivity contribution is 7.90. The summed E-state index contributed by atoms with van der Waals surface area (Å²) in [5, 5.41) is 4.02. The fourth-order valence-electron chi connectivity index (χ4n) is 4.01. The Bertz CT molecular complexity index is 1470. The molecule has 5 rings (SSSR count). The second-order valence-electron chi connectivity index (χ2n) is 8.31. The van der Waals surface area contributed by atoms with Crippen molar-refractivity contribution in [1.82, 2.24) is 19.7 Å². The van der Waals surface area contributed by atoms with Gasteiger partial charge in [-0.1, -0.05) is 11.3 Å². The van der Waals surface area contributed by atoms with Gasteiger partial charge in [-0.05, 0) is 62.8 Å². The topological polar surface area (TPSA) is 117 Å². The Kier molecular flexibility index (Phi) is 5.52. The van der Waals surface area contributed by atoms with Crippen LogP contribution in [0.1, 0.15) is 30.7 Å². The Morgan fingerprint density at radius 1 is 1.25 bits per heavy atom. The maximum atomic E-state index is 12.1. The van der Waals surface area contributed by atoms with Crippen LogP contribution in [-0.4, -0.2) is 35.2 Å². The first-order valence-electron chi connectivity index (χ1n) is 10.4. The Labute approximate surface area is 193 Å². The molecule has 168 valence electrons. The molecule has 3 heterocycles. The summed E-state index contributed by atoms with van der Waals surface area (Å²) < 4.78 is 27.9.